The molecule has 0 spiro atoms. The number of aryl methyl sites for hydroxylation is 1. The van der Waals surface area contributed by atoms with E-state index in [1.54, 1.807) is 17.0 Å². The van der Waals surface area contributed by atoms with E-state index in [0.717, 1.165) is 5.56 Å². The van der Waals surface area contributed by atoms with Crippen molar-refractivity contribution in [2.24, 2.45) is 12.8 Å². The SMILES string of the molecule is C=CC(N)c1cnn(C)c1. The molecule has 1 unspecified atom stereocenters. The van der Waals surface area contributed by atoms with E-state index in [0.29, 0.717) is 0 Å². The van der Waals surface area contributed by atoms with Crippen LogP contribution in [0.2, 0.25) is 0 Å². The standard InChI is InChI=1S/C7H11N3/c1-3-7(8)6-4-9-10(2)5-6/h3-5,7H,1,8H2,2H3. The summed E-state index contributed by atoms with van der Waals surface area (Å²) in [6.45, 7) is 3.58. The summed E-state index contributed by atoms with van der Waals surface area (Å²) in [5.74, 6) is 0. The fourth-order valence-corrected chi connectivity index (χ4v) is 0.748. The molecular weight excluding hydrogens is 126 g/mol. The highest BCUT2D eigenvalue weighted by Crippen LogP contribution is 2.07. The molecule has 3 nitrogen and oxygen atoms in total. The van der Waals surface area contributed by atoms with Crippen LogP contribution in [0.25, 0.3) is 0 Å². The van der Waals surface area contributed by atoms with E-state index >= 15 is 0 Å². The van der Waals surface area contributed by atoms with Gasteiger partial charge in [-0.2, -0.15) is 5.10 Å². The first-order chi connectivity index (χ1) is 4.74. The van der Waals surface area contributed by atoms with Crippen molar-refractivity contribution in [2.75, 3.05) is 0 Å². The van der Waals surface area contributed by atoms with Crippen LogP contribution < -0.4 is 5.73 Å². The maximum atomic E-state index is 5.64. The molecule has 0 saturated carbocycles. The molecule has 1 aromatic rings. The van der Waals surface area contributed by atoms with Gasteiger partial charge >= 0.3 is 0 Å². The maximum Gasteiger partial charge on any atom is 0.0540 e. The van der Waals surface area contributed by atoms with E-state index in [-0.39, 0.29) is 6.04 Å². The first kappa shape index (κ1) is 7.02. The molecule has 54 valence electrons. The molecule has 0 aromatic carbocycles. The maximum absolute atomic E-state index is 5.64. The van der Waals surface area contributed by atoms with Gasteiger partial charge < -0.3 is 5.73 Å². The smallest absolute Gasteiger partial charge is 0.0540 e. The highest BCUT2D eigenvalue weighted by Gasteiger charge is 2.01. The van der Waals surface area contributed by atoms with Gasteiger partial charge in [0, 0.05) is 18.8 Å². The van der Waals surface area contributed by atoms with Gasteiger partial charge in [-0.25, -0.2) is 0 Å². The minimum atomic E-state index is -0.0892. The van der Waals surface area contributed by atoms with Crippen molar-refractivity contribution in [2.45, 2.75) is 6.04 Å². The Kier molecular flexibility index (Phi) is 1.87. The number of hydrogen-bond donors (Lipinski definition) is 1. The van der Waals surface area contributed by atoms with Crippen molar-refractivity contribution in [1.29, 1.82) is 0 Å². The average molecular weight is 137 g/mol. The minimum Gasteiger partial charge on any atom is -0.321 e. The van der Waals surface area contributed by atoms with Crippen LogP contribution in [0.1, 0.15) is 11.6 Å². The summed E-state index contributed by atoms with van der Waals surface area (Å²) < 4.78 is 1.72. The molecule has 1 aromatic heterocycles. The number of aromatic nitrogens is 2. The lowest BCUT2D eigenvalue weighted by Gasteiger charge is -1.98. The molecule has 0 amide bonds. The minimum absolute atomic E-state index is 0.0892. The molecule has 0 radical (unpaired) electrons. The summed E-state index contributed by atoms with van der Waals surface area (Å²) >= 11 is 0. The van der Waals surface area contributed by atoms with Gasteiger partial charge in [0.25, 0.3) is 0 Å². The summed E-state index contributed by atoms with van der Waals surface area (Å²) in [7, 11) is 1.86. The summed E-state index contributed by atoms with van der Waals surface area (Å²) in [4.78, 5) is 0. The third-order valence-electron chi connectivity index (χ3n) is 1.36. The second-order valence-electron chi connectivity index (χ2n) is 2.21. The molecule has 0 aliphatic heterocycles. The van der Waals surface area contributed by atoms with Crippen LogP contribution in [0, 0.1) is 0 Å². The van der Waals surface area contributed by atoms with E-state index in [1.165, 1.54) is 0 Å². The van der Waals surface area contributed by atoms with Gasteiger partial charge in [0.1, 0.15) is 0 Å². The van der Waals surface area contributed by atoms with E-state index in [2.05, 4.69) is 11.7 Å². The van der Waals surface area contributed by atoms with Gasteiger partial charge in [0.05, 0.1) is 12.2 Å². The van der Waals surface area contributed by atoms with Crippen molar-refractivity contribution in [1.82, 2.24) is 9.78 Å². The molecule has 0 fully saturated rings. The first-order valence-corrected chi connectivity index (χ1v) is 3.10. The van der Waals surface area contributed by atoms with Crippen molar-refractivity contribution in [3.8, 4) is 0 Å². The Labute approximate surface area is 60.1 Å². The number of nitrogens with two attached hydrogens (primary N) is 1. The van der Waals surface area contributed by atoms with Crippen LogP contribution in [0.3, 0.4) is 0 Å². The topological polar surface area (TPSA) is 43.8 Å². The Morgan fingerprint density at radius 3 is 3.00 bits per heavy atom. The van der Waals surface area contributed by atoms with E-state index in [1.807, 2.05) is 13.2 Å². The second-order valence-corrected chi connectivity index (χ2v) is 2.21. The molecule has 1 heterocycles. The van der Waals surface area contributed by atoms with Crippen LogP contribution in [0.5, 0.6) is 0 Å². The Balaban J connectivity index is 2.84. The van der Waals surface area contributed by atoms with Gasteiger partial charge in [-0.3, -0.25) is 4.68 Å². The lowest BCUT2D eigenvalue weighted by atomic mass is 10.2. The third kappa shape index (κ3) is 1.25. The molecular formula is C7H11N3. The number of hydrogen-bond acceptors (Lipinski definition) is 2. The van der Waals surface area contributed by atoms with Gasteiger partial charge in [0.15, 0.2) is 0 Å². The van der Waals surface area contributed by atoms with Gasteiger partial charge in [-0.05, 0) is 0 Å². The molecule has 0 aliphatic carbocycles. The summed E-state index contributed by atoms with van der Waals surface area (Å²) in [5.41, 5.74) is 6.63. The molecule has 2 N–H and O–H groups in total. The highest BCUT2D eigenvalue weighted by atomic mass is 15.2. The fourth-order valence-electron chi connectivity index (χ4n) is 0.748. The monoisotopic (exact) mass is 137 g/mol. The Morgan fingerprint density at radius 1 is 1.90 bits per heavy atom. The van der Waals surface area contributed by atoms with Gasteiger partial charge in [-0.1, -0.05) is 6.08 Å². The number of nitrogens with zero attached hydrogens (tertiary/aromatic N) is 2. The highest BCUT2D eigenvalue weighted by molar-refractivity contribution is 5.14. The van der Waals surface area contributed by atoms with Crippen molar-refractivity contribution >= 4 is 0 Å². The van der Waals surface area contributed by atoms with Gasteiger partial charge in [0.2, 0.25) is 0 Å². The molecule has 0 saturated heterocycles. The average Bonchev–Trinajstić information content (AvgIpc) is 2.34. The fraction of sp³-hybridized carbons (Fsp3) is 0.286. The zero-order chi connectivity index (χ0) is 7.56. The van der Waals surface area contributed by atoms with Crippen LogP contribution >= 0.6 is 0 Å². The van der Waals surface area contributed by atoms with Gasteiger partial charge in [-0.15, -0.1) is 6.58 Å². The van der Waals surface area contributed by atoms with Crippen LogP contribution in [-0.2, 0) is 7.05 Å². The third-order valence-corrected chi connectivity index (χ3v) is 1.36. The zero-order valence-electron chi connectivity index (χ0n) is 5.99. The first-order valence-electron chi connectivity index (χ1n) is 3.10. The lowest BCUT2D eigenvalue weighted by molar-refractivity contribution is 0.765. The van der Waals surface area contributed by atoms with E-state index < -0.39 is 0 Å². The number of rotatable bonds is 2. The zero-order valence-corrected chi connectivity index (χ0v) is 5.99. The van der Waals surface area contributed by atoms with Crippen molar-refractivity contribution in [3.63, 3.8) is 0 Å². The Morgan fingerprint density at radius 2 is 2.60 bits per heavy atom. The summed E-state index contributed by atoms with van der Waals surface area (Å²) in [6.07, 6.45) is 5.32. The summed E-state index contributed by atoms with van der Waals surface area (Å²) in [5, 5.41) is 3.97. The van der Waals surface area contributed by atoms with Crippen molar-refractivity contribution in [3.05, 3.63) is 30.6 Å². The molecule has 3 heteroatoms. The normalized spacial score (nSPS) is 13.0. The molecule has 0 aliphatic rings. The molecule has 10 heavy (non-hydrogen) atoms. The molecule has 1 atom stereocenters. The predicted octanol–water partition coefficient (Wildman–Crippen LogP) is 0.606. The van der Waals surface area contributed by atoms with Crippen molar-refractivity contribution < 1.29 is 0 Å². The van der Waals surface area contributed by atoms with Crippen LogP contribution in [0.4, 0.5) is 0 Å². The van der Waals surface area contributed by atoms with Crippen LogP contribution in [0.15, 0.2) is 25.0 Å². The van der Waals surface area contributed by atoms with E-state index in [9.17, 15) is 0 Å². The quantitative estimate of drug-likeness (QED) is 0.607. The van der Waals surface area contributed by atoms with E-state index in [4.69, 9.17) is 5.73 Å². The Bertz CT molecular complexity index is 227. The summed E-state index contributed by atoms with van der Waals surface area (Å²) in [6, 6.07) is -0.0892. The second kappa shape index (κ2) is 2.66. The molecule has 0 bridgehead atoms. The molecule has 1 rings (SSSR count). The largest absolute Gasteiger partial charge is 0.321 e. The predicted molar refractivity (Wildman–Crippen MR) is 40.3 cm³/mol. The Hall–Kier alpha value is -1.09. The lowest BCUT2D eigenvalue weighted by Crippen LogP contribution is -2.04. The van der Waals surface area contributed by atoms with Crippen LogP contribution in [-0.4, -0.2) is 9.78 Å².